The number of likely N-dealkylation sites (tertiary alicyclic amines) is 1. The smallest absolute Gasteiger partial charge is 0.226 e. The molecule has 2 aliphatic rings. The van der Waals surface area contributed by atoms with Crippen LogP contribution in [0.1, 0.15) is 44.6 Å². The van der Waals surface area contributed by atoms with Crippen molar-refractivity contribution in [1.82, 2.24) is 4.90 Å². The first-order chi connectivity index (χ1) is 11.1. The number of halogens is 1. The number of benzene rings is 1. The molecule has 1 saturated heterocycles. The van der Waals surface area contributed by atoms with Gasteiger partial charge in [-0.15, -0.1) is 0 Å². The Hall–Kier alpha value is -1.06. The lowest BCUT2D eigenvalue weighted by atomic mass is 10.1. The van der Waals surface area contributed by atoms with E-state index in [1.54, 1.807) is 0 Å². The molecule has 2 fully saturated rings. The molecule has 0 aromatic heterocycles. The average molecular weight is 336 g/mol. The lowest BCUT2D eigenvalue weighted by Gasteiger charge is -2.32. The first-order valence-corrected chi connectivity index (χ1v) is 9.09. The maximum atomic E-state index is 12.7. The minimum absolute atomic E-state index is 0.128. The molecule has 1 aromatic rings. The molecule has 3 nitrogen and oxygen atoms in total. The highest BCUT2D eigenvalue weighted by Gasteiger charge is 2.46. The van der Waals surface area contributed by atoms with E-state index in [-0.39, 0.29) is 5.92 Å². The molecule has 1 aliphatic carbocycles. The van der Waals surface area contributed by atoms with Crippen molar-refractivity contribution >= 4 is 17.5 Å². The molecule has 2 atom stereocenters. The monoisotopic (exact) mass is 335 g/mol. The zero-order valence-corrected chi connectivity index (χ0v) is 14.8. The fraction of sp³-hybridized carbons (Fsp3) is 0.632. The third-order valence-corrected chi connectivity index (χ3v) is 5.18. The normalized spacial score (nSPS) is 25.0. The fourth-order valence-corrected chi connectivity index (χ4v) is 3.67. The molecule has 0 unspecified atom stereocenters. The number of nitrogens with zero attached hydrogens (tertiary/aromatic N) is 1. The summed E-state index contributed by atoms with van der Waals surface area (Å²) in [5.74, 6) is 1.31. The van der Waals surface area contributed by atoms with E-state index in [4.69, 9.17) is 16.3 Å². The van der Waals surface area contributed by atoms with E-state index in [0.717, 1.165) is 49.5 Å². The summed E-state index contributed by atoms with van der Waals surface area (Å²) in [5, 5.41) is 0.786. The van der Waals surface area contributed by atoms with Crippen LogP contribution in [-0.2, 0) is 9.53 Å². The molecular weight excluding hydrogens is 310 g/mol. The highest BCUT2D eigenvalue weighted by molar-refractivity contribution is 6.31. The third-order valence-electron chi connectivity index (χ3n) is 4.83. The highest BCUT2D eigenvalue weighted by atomic mass is 35.5. The number of hydrogen-bond donors (Lipinski definition) is 0. The molecule has 0 N–H and O–H groups in total. The van der Waals surface area contributed by atoms with E-state index in [1.165, 1.54) is 0 Å². The molecule has 0 spiro atoms. The van der Waals surface area contributed by atoms with E-state index in [0.29, 0.717) is 23.8 Å². The number of carbonyl (C=O) groups excluding carboxylic acids is 1. The van der Waals surface area contributed by atoms with Crippen molar-refractivity contribution in [2.24, 2.45) is 11.8 Å². The summed E-state index contributed by atoms with van der Waals surface area (Å²) < 4.78 is 5.90. The summed E-state index contributed by atoms with van der Waals surface area (Å²) >= 11 is 6.25. The zero-order valence-electron chi connectivity index (χ0n) is 14.0. The second kappa shape index (κ2) is 7.23. The van der Waals surface area contributed by atoms with Gasteiger partial charge in [0.05, 0.1) is 6.10 Å². The summed E-state index contributed by atoms with van der Waals surface area (Å²) in [4.78, 5) is 14.7. The van der Waals surface area contributed by atoms with Crippen LogP contribution in [0.15, 0.2) is 24.3 Å². The molecule has 3 rings (SSSR count). The average Bonchev–Trinajstić information content (AvgIpc) is 3.33. The summed E-state index contributed by atoms with van der Waals surface area (Å²) in [6, 6.07) is 7.90. The summed E-state index contributed by atoms with van der Waals surface area (Å²) in [6.07, 6.45) is 3.18. The van der Waals surface area contributed by atoms with Crippen LogP contribution in [0.25, 0.3) is 0 Å². The molecule has 0 bridgehead atoms. The minimum Gasteiger partial charge on any atom is -0.378 e. The van der Waals surface area contributed by atoms with Crippen molar-refractivity contribution in [3.63, 3.8) is 0 Å². The largest absolute Gasteiger partial charge is 0.378 e. The number of piperidine rings is 1. The van der Waals surface area contributed by atoms with E-state index >= 15 is 0 Å². The van der Waals surface area contributed by atoms with Crippen molar-refractivity contribution < 1.29 is 9.53 Å². The van der Waals surface area contributed by atoms with Gasteiger partial charge in [-0.25, -0.2) is 0 Å². The predicted octanol–water partition coefficient (Wildman–Crippen LogP) is 4.11. The molecule has 126 valence electrons. The first kappa shape index (κ1) is 16.8. The van der Waals surface area contributed by atoms with Crippen LogP contribution < -0.4 is 0 Å². The molecular formula is C19H26ClNO2. The molecule has 1 saturated carbocycles. The number of hydrogen-bond acceptors (Lipinski definition) is 2. The number of carbonyl (C=O) groups is 1. The second-order valence-corrected chi connectivity index (χ2v) is 7.63. The number of ether oxygens (including phenoxy) is 1. The summed E-state index contributed by atoms with van der Waals surface area (Å²) in [6.45, 7) is 6.80. The van der Waals surface area contributed by atoms with Crippen LogP contribution >= 0.6 is 11.6 Å². The SMILES string of the molecule is CC(C)COC1CCN(C(=O)[C@H]2C[C@H]2c2ccccc2Cl)CC1. The fourth-order valence-electron chi connectivity index (χ4n) is 3.39. The maximum absolute atomic E-state index is 12.7. The predicted molar refractivity (Wildman–Crippen MR) is 92.7 cm³/mol. The van der Waals surface area contributed by atoms with Crippen molar-refractivity contribution in [2.75, 3.05) is 19.7 Å². The van der Waals surface area contributed by atoms with Crippen LogP contribution in [0.3, 0.4) is 0 Å². The van der Waals surface area contributed by atoms with E-state index in [9.17, 15) is 4.79 Å². The Morgan fingerprint density at radius 1 is 1.30 bits per heavy atom. The van der Waals surface area contributed by atoms with Gasteiger partial charge in [0.25, 0.3) is 0 Å². The van der Waals surface area contributed by atoms with Gasteiger partial charge in [0.2, 0.25) is 5.91 Å². The Morgan fingerprint density at radius 3 is 2.65 bits per heavy atom. The van der Waals surface area contributed by atoms with Crippen LogP contribution in [0, 0.1) is 11.8 Å². The Bertz CT molecular complexity index is 552. The number of amides is 1. The molecule has 1 amide bonds. The Morgan fingerprint density at radius 2 is 2.00 bits per heavy atom. The Balaban J connectivity index is 1.49. The molecule has 1 aliphatic heterocycles. The van der Waals surface area contributed by atoms with Gasteiger partial charge in [-0.3, -0.25) is 4.79 Å². The molecule has 0 radical (unpaired) electrons. The van der Waals surface area contributed by atoms with Crippen LogP contribution in [0.2, 0.25) is 5.02 Å². The Kier molecular flexibility index (Phi) is 5.27. The van der Waals surface area contributed by atoms with Gasteiger partial charge in [0, 0.05) is 30.6 Å². The number of rotatable bonds is 5. The van der Waals surface area contributed by atoms with Gasteiger partial charge in [-0.05, 0) is 42.7 Å². The van der Waals surface area contributed by atoms with E-state index < -0.39 is 0 Å². The zero-order chi connectivity index (χ0) is 16.4. The topological polar surface area (TPSA) is 29.5 Å². The van der Waals surface area contributed by atoms with Crippen molar-refractivity contribution in [2.45, 2.75) is 45.1 Å². The van der Waals surface area contributed by atoms with Gasteiger partial charge in [0.15, 0.2) is 0 Å². The second-order valence-electron chi connectivity index (χ2n) is 7.22. The standard InChI is InChI=1S/C19H26ClNO2/c1-13(2)12-23-14-7-9-21(10-8-14)19(22)17-11-16(17)15-5-3-4-6-18(15)20/h3-6,13-14,16-17H,7-12H2,1-2H3/t16-,17-/m0/s1. The van der Waals surface area contributed by atoms with E-state index in [2.05, 4.69) is 13.8 Å². The molecule has 1 heterocycles. The van der Waals surface area contributed by atoms with Crippen LogP contribution in [0.5, 0.6) is 0 Å². The van der Waals surface area contributed by atoms with E-state index in [1.807, 2.05) is 29.2 Å². The molecule has 4 heteroatoms. The minimum atomic E-state index is 0.128. The quantitative estimate of drug-likeness (QED) is 0.810. The third kappa shape index (κ3) is 4.07. The summed E-state index contributed by atoms with van der Waals surface area (Å²) in [7, 11) is 0. The Labute approximate surface area is 144 Å². The highest BCUT2D eigenvalue weighted by Crippen LogP contribution is 2.50. The van der Waals surface area contributed by atoms with Crippen molar-refractivity contribution in [3.8, 4) is 0 Å². The molecule has 23 heavy (non-hydrogen) atoms. The molecule has 1 aromatic carbocycles. The van der Waals surface area contributed by atoms with Gasteiger partial charge in [0.1, 0.15) is 0 Å². The van der Waals surface area contributed by atoms with Gasteiger partial charge < -0.3 is 9.64 Å². The van der Waals surface area contributed by atoms with Crippen molar-refractivity contribution in [3.05, 3.63) is 34.9 Å². The maximum Gasteiger partial charge on any atom is 0.226 e. The van der Waals surface area contributed by atoms with Crippen LogP contribution in [0.4, 0.5) is 0 Å². The van der Waals surface area contributed by atoms with Gasteiger partial charge >= 0.3 is 0 Å². The lowest BCUT2D eigenvalue weighted by molar-refractivity contribution is -0.135. The van der Waals surface area contributed by atoms with Crippen molar-refractivity contribution in [1.29, 1.82) is 0 Å². The van der Waals surface area contributed by atoms with Gasteiger partial charge in [-0.1, -0.05) is 43.6 Å². The van der Waals surface area contributed by atoms with Crippen LogP contribution in [-0.4, -0.2) is 36.6 Å². The first-order valence-electron chi connectivity index (χ1n) is 8.71. The van der Waals surface area contributed by atoms with Gasteiger partial charge in [-0.2, -0.15) is 0 Å². The summed E-state index contributed by atoms with van der Waals surface area (Å²) in [5.41, 5.74) is 1.13. The lowest BCUT2D eigenvalue weighted by Crippen LogP contribution is -2.42.